The van der Waals surface area contributed by atoms with Crippen LogP contribution >= 0.6 is 0 Å². The monoisotopic (exact) mass is 298 g/mol. The Labute approximate surface area is 130 Å². The van der Waals surface area contributed by atoms with Crippen LogP contribution in [-0.4, -0.2) is 48.2 Å². The normalized spacial score (nSPS) is 19.6. The fourth-order valence-electron chi connectivity index (χ4n) is 3.28. The van der Waals surface area contributed by atoms with E-state index in [4.69, 9.17) is 4.74 Å². The Bertz CT molecular complexity index is 329. The van der Waals surface area contributed by atoms with Gasteiger partial charge in [0.2, 0.25) is 0 Å². The van der Waals surface area contributed by atoms with E-state index in [9.17, 15) is 4.79 Å². The molecule has 1 saturated carbocycles. The van der Waals surface area contributed by atoms with Gasteiger partial charge in [-0.1, -0.05) is 13.3 Å². The standard InChI is InChI=1S/C17H34N2O2/c1-7-8-11-19(15-9-10-15)14(4)12-17(5,16(20)21-6)18-13(2)3/h13-15,18H,7-12H2,1-6H3. The van der Waals surface area contributed by atoms with Crippen molar-refractivity contribution < 1.29 is 9.53 Å². The van der Waals surface area contributed by atoms with Crippen LogP contribution in [0.4, 0.5) is 0 Å². The van der Waals surface area contributed by atoms with Crippen LogP contribution in [0.25, 0.3) is 0 Å². The lowest BCUT2D eigenvalue weighted by Gasteiger charge is -2.37. The Kier molecular flexibility index (Phi) is 7.14. The molecule has 1 fully saturated rings. The number of nitrogens with zero attached hydrogens (tertiary/aromatic N) is 1. The summed E-state index contributed by atoms with van der Waals surface area (Å²) in [6.07, 6.45) is 5.85. The molecular weight excluding hydrogens is 264 g/mol. The SMILES string of the molecule is CCCCN(C(C)CC(C)(NC(C)C)C(=O)OC)C1CC1. The maximum Gasteiger partial charge on any atom is 0.325 e. The molecule has 1 rings (SSSR count). The fraction of sp³-hybridized carbons (Fsp3) is 0.941. The molecule has 0 aliphatic heterocycles. The van der Waals surface area contributed by atoms with Crippen molar-refractivity contribution in [3.63, 3.8) is 0 Å². The van der Waals surface area contributed by atoms with Crippen LogP contribution in [0.5, 0.6) is 0 Å². The molecule has 2 atom stereocenters. The van der Waals surface area contributed by atoms with E-state index in [0.29, 0.717) is 6.04 Å². The summed E-state index contributed by atoms with van der Waals surface area (Å²) in [6.45, 7) is 11.7. The molecule has 0 spiro atoms. The predicted octanol–water partition coefficient (Wildman–Crippen LogP) is 2.96. The second-order valence-corrected chi connectivity index (χ2v) is 7.00. The number of carbonyl (C=O) groups is 1. The van der Waals surface area contributed by atoms with Gasteiger partial charge in [-0.2, -0.15) is 0 Å². The van der Waals surface area contributed by atoms with Crippen molar-refractivity contribution in [2.75, 3.05) is 13.7 Å². The highest BCUT2D eigenvalue weighted by Gasteiger charge is 2.40. The number of unbranched alkanes of at least 4 members (excludes halogenated alkanes) is 1. The molecule has 0 heterocycles. The van der Waals surface area contributed by atoms with E-state index in [-0.39, 0.29) is 12.0 Å². The minimum Gasteiger partial charge on any atom is -0.468 e. The van der Waals surface area contributed by atoms with Crippen molar-refractivity contribution in [1.82, 2.24) is 10.2 Å². The summed E-state index contributed by atoms with van der Waals surface area (Å²) in [7, 11) is 1.48. The van der Waals surface area contributed by atoms with Gasteiger partial charge in [-0.3, -0.25) is 15.0 Å². The minimum absolute atomic E-state index is 0.158. The third-order valence-electron chi connectivity index (χ3n) is 4.30. The summed E-state index contributed by atoms with van der Waals surface area (Å²) in [4.78, 5) is 14.8. The van der Waals surface area contributed by atoms with Crippen molar-refractivity contribution >= 4 is 5.97 Å². The molecule has 2 unspecified atom stereocenters. The van der Waals surface area contributed by atoms with Crippen LogP contribution in [0.15, 0.2) is 0 Å². The Morgan fingerprint density at radius 2 is 2.00 bits per heavy atom. The Balaban J connectivity index is 2.72. The van der Waals surface area contributed by atoms with Crippen LogP contribution < -0.4 is 5.32 Å². The third kappa shape index (κ3) is 5.59. The maximum atomic E-state index is 12.2. The van der Waals surface area contributed by atoms with Crippen molar-refractivity contribution in [2.45, 2.75) is 90.4 Å². The number of methoxy groups -OCH3 is 1. The summed E-state index contributed by atoms with van der Waals surface area (Å²) in [5, 5.41) is 3.41. The molecule has 0 aromatic carbocycles. The molecule has 0 bridgehead atoms. The molecule has 0 saturated heterocycles. The second kappa shape index (κ2) is 8.14. The molecule has 0 aromatic heterocycles. The summed E-state index contributed by atoms with van der Waals surface area (Å²) in [6, 6.07) is 1.37. The highest BCUT2D eigenvalue weighted by atomic mass is 16.5. The zero-order valence-electron chi connectivity index (χ0n) is 14.7. The van der Waals surface area contributed by atoms with Gasteiger partial charge in [-0.25, -0.2) is 0 Å². The van der Waals surface area contributed by atoms with E-state index in [2.05, 4.69) is 37.9 Å². The van der Waals surface area contributed by atoms with Gasteiger partial charge in [0.25, 0.3) is 0 Å². The Hall–Kier alpha value is -0.610. The molecule has 21 heavy (non-hydrogen) atoms. The quantitative estimate of drug-likeness (QED) is 0.630. The zero-order chi connectivity index (χ0) is 16.0. The van der Waals surface area contributed by atoms with E-state index >= 15 is 0 Å². The van der Waals surface area contributed by atoms with Gasteiger partial charge >= 0.3 is 5.97 Å². The molecule has 0 radical (unpaired) electrons. The lowest BCUT2D eigenvalue weighted by molar-refractivity contribution is -0.149. The summed E-state index contributed by atoms with van der Waals surface area (Å²) < 4.78 is 5.03. The van der Waals surface area contributed by atoms with Crippen LogP contribution in [0.3, 0.4) is 0 Å². The van der Waals surface area contributed by atoms with Gasteiger partial charge in [0.15, 0.2) is 0 Å². The number of ether oxygens (including phenoxy) is 1. The maximum absolute atomic E-state index is 12.2. The molecule has 1 aliphatic carbocycles. The first-order valence-corrected chi connectivity index (χ1v) is 8.46. The molecule has 4 nitrogen and oxygen atoms in total. The van der Waals surface area contributed by atoms with Gasteiger partial charge < -0.3 is 4.74 Å². The fourth-order valence-corrected chi connectivity index (χ4v) is 3.28. The minimum atomic E-state index is -0.609. The number of carbonyl (C=O) groups excluding carboxylic acids is 1. The van der Waals surface area contributed by atoms with Crippen LogP contribution in [-0.2, 0) is 9.53 Å². The zero-order valence-corrected chi connectivity index (χ0v) is 14.7. The first kappa shape index (κ1) is 18.4. The lowest BCUT2D eigenvalue weighted by atomic mass is 9.91. The summed E-state index contributed by atoms with van der Waals surface area (Å²) in [5.41, 5.74) is -0.609. The van der Waals surface area contributed by atoms with Crippen LogP contribution in [0, 0.1) is 0 Å². The van der Waals surface area contributed by atoms with Gasteiger partial charge in [0, 0.05) is 18.1 Å². The molecular formula is C17H34N2O2. The average molecular weight is 298 g/mol. The highest BCUT2D eigenvalue weighted by molar-refractivity contribution is 5.80. The molecule has 124 valence electrons. The van der Waals surface area contributed by atoms with E-state index < -0.39 is 5.54 Å². The number of nitrogens with one attached hydrogen (secondary N) is 1. The van der Waals surface area contributed by atoms with Crippen molar-refractivity contribution in [3.05, 3.63) is 0 Å². The summed E-state index contributed by atoms with van der Waals surface area (Å²) >= 11 is 0. The second-order valence-electron chi connectivity index (χ2n) is 7.00. The molecule has 1 aliphatic rings. The van der Waals surface area contributed by atoms with Crippen LogP contribution in [0.2, 0.25) is 0 Å². The average Bonchev–Trinajstić information content (AvgIpc) is 3.21. The van der Waals surface area contributed by atoms with Crippen molar-refractivity contribution in [3.8, 4) is 0 Å². The number of rotatable bonds is 10. The largest absolute Gasteiger partial charge is 0.468 e. The van der Waals surface area contributed by atoms with E-state index in [1.54, 1.807) is 0 Å². The Morgan fingerprint density at radius 3 is 2.43 bits per heavy atom. The number of esters is 1. The van der Waals surface area contributed by atoms with Crippen molar-refractivity contribution in [2.24, 2.45) is 0 Å². The Morgan fingerprint density at radius 1 is 1.38 bits per heavy atom. The molecule has 0 amide bonds. The smallest absolute Gasteiger partial charge is 0.325 e. The van der Waals surface area contributed by atoms with Gasteiger partial charge in [0.1, 0.15) is 5.54 Å². The topological polar surface area (TPSA) is 41.6 Å². The van der Waals surface area contributed by atoms with Gasteiger partial charge in [-0.15, -0.1) is 0 Å². The number of hydrogen-bond donors (Lipinski definition) is 1. The lowest BCUT2D eigenvalue weighted by Crippen LogP contribution is -2.56. The molecule has 4 heteroatoms. The van der Waals surface area contributed by atoms with Crippen molar-refractivity contribution in [1.29, 1.82) is 0 Å². The first-order valence-electron chi connectivity index (χ1n) is 8.46. The molecule has 0 aromatic rings. The van der Waals surface area contributed by atoms with Gasteiger partial charge in [-0.05, 0) is 59.9 Å². The van der Waals surface area contributed by atoms with E-state index in [1.165, 1.54) is 32.8 Å². The van der Waals surface area contributed by atoms with E-state index in [0.717, 1.165) is 19.0 Å². The summed E-state index contributed by atoms with van der Waals surface area (Å²) in [5.74, 6) is -0.158. The number of hydrogen-bond acceptors (Lipinski definition) is 4. The molecule has 1 N–H and O–H groups in total. The first-order chi connectivity index (χ1) is 9.84. The third-order valence-corrected chi connectivity index (χ3v) is 4.30. The van der Waals surface area contributed by atoms with Crippen LogP contribution in [0.1, 0.15) is 66.7 Å². The van der Waals surface area contributed by atoms with E-state index in [1.807, 2.05) is 6.92 Å². The predicted molar refractivity (Wildman–Crippen MR) is 87.4 cm³/mol. The van der Waals surface area contributed by atoms with Gasteiger partial charge in [0.05, 0.1) is 7.11 Å². The highest BCUT2D eigenvalue weighted by Crippen LogP contribution is 2.31.